The topological polar surface area (TPSA) is 57.6 Å². The highest BCUT2D eigenvalue weighted by molar-refractivity contribution is 7.20. The second kappa shape index (κ2) is 4.84. The van der Waals surface area contributed by atoms with Crippen LogP contribution in [0.3, 0.4) is 0 Å². The van der Waals surface area contributed by atoms with E-state index in [-0.39, 0.29) is 11.5 Å². The zero-order valence-electron chi connectivity index (χ0n) is 8.65. The fourth-order valence-corrected chi connectivity index (χ4v) is 3.36. The molecule has 1 amide bonds. The van der Waals surface area contributed by atoms with Crippen molar-refractivity contribution in [1.29, 1.82) is 0 Å². The van der Waals surface area contributed by atoms with Crippen LogP contribution in [-0.2, 0) is 4.79 Å². The molecule has 0 aromatic carbocycles. The van der Waals surface area contributed by atoms with E-state index in [1.807, 2.05) is 0 Å². The monoisotopic (exact) mass is 293 g/mol. The number of nitrogens with zero attached hydrogens (tertiary/aromatic N) is 1. The molecule has 1 N–H and O–H groups in total. The zero-order valence-corrected chi connectivity index (χ0v) is 11.0. The Hall–Kier alpha value is -0.780. The number of likely N-dealkylation sites (tertiary alicyclic amines) is 1. The first-order valence-corrected chi connectivity index (χ1v) is 6.56. The summed E-state index contributed by atoms with van der Waals surface area (Å²) in [5.74, 6) is -1.34. The molecule has 17 heavy (non-hydrogen) atoms. The molecule has 2 rings (SSSR count). The van der Waals surface area contributed by atoms with Gasteiger partial charge in [0.05, 0.1) is 9.90 Å². The summed E-state index contributed by atoms with van der Waals surface area (Å²) in [5, 5.41) is 9.00. The Morgan fingerprint density at radius 3 is 2.71 bits per heavy atom. The summed E-state index contributed by atoms with van der Waals surface area (Å²) >= 11 is 12.7. The molecule has 1 saturated heterocycles. The number of carbonyl (C=O) groups is 2. The third kappa shape index (κ3) is 2.41. The maximum absolute atomic E-state index is 12.1. The van der Waals surface area contributed by atoms with E-state index in [1.165, 1.54) is 11.0 Å². The lowest BCUT2D eigenvalue weighted by Gasteiger charge is -2.20. The average Bonchev–Trinajstić information content (AvgIpc) is 2.83. The van der Waals surface area contributed by atoms with Crippen LogP contribution in [-0.4, -0.2) is 34.5 Å². The third-order valence-corrected chi connectivity index (χ3v) is 4.17. The van der Waals surface area contributed by atoms with Crippen molar-refractivity contribution in [3.8, 4) is 0 Å². The van der Waals surface area contributed by atoms with Crippen LogP contribution in [0.25, 0.3) is 0 Å². The Morgan fingerprint density at radius 2 is 2.18 bits per heavy atom. The van der Waals surface area contributed by atoms with E-state index in [1.54, 1.807) is 0 Å². The number of rotatable bonds is 2. The predicted octanol–water partition coefficient (Wildman–Crippen LogP) is 2.74. The van der Waals surface area contributed by atoms with Gasteiger partial charge < -0.3 is 10.0 Å². The molecule has 0 radical (unpaired) electrons. The summed E-state index contributed by atoms with van der Waals surface area (Å²) < 4.78 is 0.723. The molecule has 1 atom stereocenters. The highest BCUT2D eigenvalue weighted by atomic mass is 35.5. The molecule has 0 aliphatic carbocycles. The van der Waals surface area contributed by atoms with Crippen LogP contribution in [0.1, 0.15) is 23.2 Å². The van der Waals surface area contributed by atoms with Crippen molar-refractivity contribution in [1.82, 2.24) is 4.90 Å². The van der Waals surface area contributed by atoms with Gasteiger partial charge in [-0.2, -0.15) is 0 Å². The zero-order chi connectivity index (χ0) is 12.6. The van der Waals surface area contributed by atoms with Gasteiger partial charge >= 0.3 is 5.97 Å². The van der Waals surface area contributed by atoms with Crippen LogP contribution in [0, 0.1) is 0 Å². The number of thiophene rings is 1. The van der Waals surface area contributed by atoms with E-state index in [4.69, 9.17) is 28.3 Å². The van der Waals surface area contributed by atoms with Crippen LogP contribution < -0.4 is 0 Å². The molecule has 0 unspecified atom stereocenters. The number of carbonyl (C=O) groups excluding carboxylic acids is 1. The van der Waals surface area contributed by atoms with Crippen LogP contribution in [0.2, 0.25) is 8.67 Å². The molecule has 1 aliphatic heterocycles. The first-order chi connectivity index (χ1) is 8.00. The first-order valence-electron chi connectivity index (χ1n) is 4.99. The van der Waals surface area contributed by atoms with E-state index >= 15 is 0 Å². The lowest BCUT2D eigenvalue weighted by Crippen LogP contribution is -2.40. The molecule has 7 heteroatoms. The molecule has 92 valence electrons. The number of carboxylic acids is 1. The quantitative estimate of drug-likeness (QED) is 0.912. The van der Waals surface area contributed by atoms with E-state index in [9.17, 15) is 9.59 Å². The standard InChI is InChI=1S/C10H9Cl2NO3S/c11-7-4-5(8(12)17-7)9(14)13-3-1-2-6(13)10(15)16/h4,6H,1-3H2,(H,15,16)/t6-/m0/s1. The van der Waals surface area contributed by atoms with Gasteiger partial charge in [-0.3, -0.25) is 4.79 Å². The van der Waals surface area contributed by atoms with Crippen LogP contribution >= 0.6 is 34.5 Å². The molecular weight excluding hydrogens is 285 g/mol. The lowest BCUT2D eigenvalue weighted by molar-refractivity contribution is -0.141. The number of hydrogen-bond donors (Lipinski definition) is 1. The fraction of sp³-hybridized carbons (Fsp3) is 0.400. The van der Waals surface area contributed by atoms with Crippen LogP contribution in [0.5, 0.6) is 0 Å². The summed E-state index contributed by atoms with van der Waals surface area (Å²) in [6, 6.07) is 0.728. The van der Waals surface area contributed by atoms with Gasteiger partial charge in [0.15, 0.2) is 0 Å². The molecule has 0 spiro atoms. The highest BCUT2D eigenvalue weighted by Gasteiger charge is 2.35. The lowest BCUT2D eigenvalue weighted by atomic mass is 10.2. The van der Waals surface area contributed by atoms with Gasteiger partial charge in [0, 0.05) is 6.54 Å². The molecule has 1 aromatic rings. The smallest absolute Gasteiger partial charge is 0.326 e. The molecular formula is C10H9Cl2NO3S. The van der Waals surface area contributed by atoms with Gasteiger partial charge in [-0.15, -0.1) is 11.3 Å². The Labute approximate surface area is 112 Å². The summed E-state index contributed by atoms with van der Waals surface area (Å²) in [4.78, 5) is 24.4. The number of aliphatic carboxylic acids is 1. The molecule has 4 nitrogen and oxygen atoms in total. The van der Waals surface area contributed by atoms with Gasteiger partial charge in [-0.1, -0.05) is 23.2 Å². The molecule has 1 aromatic heterocycles. The van der Waals surface area contributed by atoms with E-state index in [0.29, 0.717) is 28.1 Å². The summed E-state index contributed by atoms with van der Waals surface area (Å²) in [6.45, 7) is 0.444. The molecule has 0 saturated carbocycles. The molecule has 1 fully saturated rings. The van der Waals surface area contributed by atoms with Crippen molar-refractivity contribution in [3.05, 3.63) is 20.3 Å². The SMILES string of the molecule is O=C(O)[C@@H]1CCCN1C(=O)c1cc(Cl)sc1Cl. The van der Waals surface area contributed by atoms with Crippen molar-refractivity contribution in [3.63, 3.8) is 0 Å². The Morgan fingerprint density at radius 1 is 1.47 bits per heavy atom. The fourth-order valence-electron chi connectivity index (χ4n) is 1.91. The Balaban J connectivity index is 2.25. The predicted molar refractivity (Wildman–Crippen MR) is 66.0 cm³/mol. The van der Waals surface area contributed by atoms with Crippen LogP contribution in [0.4, 0.5) is 0 Å². The summed E-state index contributed by atoms with van der Waals surface area (Å²) in [6.07, 6.45) is 1.18. The van der Waals surface area contributed by atoms with E-state index < -0.39 is 12.0 Å². The van der Waals surface area contributed by atoms with Gasteiger partial charge in [0.1, 0.15) is 10.4 Å². The van der Waals surface area contributed by atoms with Crippen molar-refractivity contribution in [2.75, 3.05) is 6.54 Å². The first kappa shape index (κ1) is 12.7. The van der Waals surface area contributed by atoms with Crippen LogP contribution in [0.15, 0.2) is 6.07 Å². The van der Waals surface area contributed by atoms with Crippen molar-refractivity contribution in [2.45, 2.75) is 18.9 Å². The van der Waals surface area contributed by atoms with Crippen molar-refractivity contribution < 1.29 is 14.7 Å². The molecule has 1 aliphatic rings. The number of carboxylic acid groups (broad SMARTS) is 1. The third-order valence-electron chi connectivity index (χ3n) is 2.69. The Kier molecular flexibility index (Phi) is 3.61. The van der Waals surface area contributed by atoms with E-state index in [0.717, 1.165) is 11.3 Å². The summed E-state index contributed by atoms with van der Waals surface area (Å²) in [7, 11) is 0. The maximum atomic E-state index is 12.1. The minimum Gasteiger partial charge on any atom is -0.480 e. The maximum Gasteiger partial charge on any atom is 0.326 e. The second-order valence-electron chi connectivity index (χ2n) is 3.73. The van der Waals surface area contributed by atoms with Gasteiger partial charge in [-0.25, -0.2) is 4.79 Å². The molecule has 0 bridgehead atoms. The minimum absolute atomic E-state index is 0.287. The van der Waals surface area contributed by atoms with Crippen molar-refractivity contribution in [2.24, 2.45) is 0 Å². The average molecular weight is 294 g/mol. The number of hydrogen-bond acceptors (Lipinski definition) is 3. The second-order valence-corrected chi connectivity index (χ2v) is 6.02. The van der Waals surface area contributed by atoms with Gasteiger partial charge in [-0.05, 0) is 18.9 Å². The van der Waals surface area contributed by atoms with Gasteiger partial charge in [0.25, 0.3) is 5.91 Å². The normalized spacial score (nSPS) is 19.6. The summed E-state index contributed by atoms with van der Waals surface area (Å²) in [5.41, 5.74) is 0.287. The largest absolute Gasteiger partial charge is 0.480 e. The number of halogens is 2. The van der Waals surface area contributed by atoms with Crippen molar-refractivity contribution >= 4 is 46.4 Å². The minimum atomic E-state index is -0.978. The van der Waals surface area contributed by atoms with Gasteiger partial charge in [0.2, 0.25) is 0 Å². The molecule has 2 heterocycles. The Bertz CT molecular complexity index is 474. The number of amides is 1. The highest BCUT2D eigenvalue weighted by Crippen LogP contribution is 2.33. The van der Waals surface area contributed by atoms with E-state index in [2.05, 4.69) is 0 Å².